The molecule has 3 heterocycles. The largest absolute Gasteiger partial charge is 0.490 e. The molecule has 0 saturated heterocycles. The number of hydrogen-bond donors (Lipinski definition) is 2. The Kier molecular flexibility index (Phi) is 7.71. The van der Waals surface area contributed by atoms with Gasteiger partial charge in [0.15, 0.2) is 0 Å². The van der Waals surface area contributed by atoms with E-state index in [4.69, 9.17) is 9.90 Å². The molecule has 170 valence electrons. The van der Waals surface area contributed by atoms with Crippen LogP contribution >= 0.6 is 11.3 Å². The van der Waals surface area contributed by atoms with Gasteiger partial charge < -0.3 is 10.4 Å². The topological polar surface area (TPSA) is 87.5 Å². The van der Waals surface area contributed by atoms with Gasteiger partial charge in [0, 0.05) is 38.8 Å². The van der Waals surface area contributed by atoms with Gasteiger partial charge in [0.05, 0.1) is 11.7 Å². The van der Waals surface area contributed by atoms with Gasteiger partial charge in [-0.2, -0.15) is 29.6 Å². The van der Waals surface area contributed by atoms with E-state index >= 15 is 0 Å². The summed E-state index contributed by atoms with van der Waals surface area (Å²) >= 11 is 1.75. The van der Waals surface area contributed by atoms with E-state index in [9.17, 15) is 18.0 Å². The second-order valence-electron chi connectivity index (χ2n) is 7.81. The zero-order valence-corrected chi connectivity index (χ0v) is 17.7. The molecule has 0 spiro atoms. The van der Waals surface area contributed by atoms with Gasteiger partial charge in [0.25, 0.3) is 0 Å². The Morgan fingerprint density at radius 2 is 2.03 bits per heavy atom. The van der Waals surface area contributed by atoms with Crippen LogP contribution in [0.3, 0.4) is 0 Å². The van der Waals surface area contributed by atoms with E-state index in [2.05, 4.69) is 42.9 Å². The maximum absolute atomic E-state index is 11.9. The lowest BCUT2D eigenvalue weighted by Crippen LogP contribution is -2.38. The number of halogens is 3. The number of amides is 1. The molecule has 2 aromatic rings. The van der Waals surface area contributed by atoms with Gasteiger partial charge in [-0.3, -0.25) is 14.4 Å². The molecule has 7 nitrogen and oxygen atoms in total. The van der Waals surface area contributed by atoms with Crippen LogP contribution in [-0.2, 0) is 22.7 Å². The third-order valence-electron chi connectivity index (χ3n) is 5.15. The molecule has 1 fully saturated rings. The van der Waals surface area contributed by atoms with Crippen LogP contribution in [0.15, 0.2) is 29.1 Å². The number of aliphatic carboxylic acids is 1. The Morgan fingerprint density at radius 1 is 1.29 bits per heavy atom. The second kappa shape index (κ2) is 10.3. The van der Waals surface area contributed by atoms with Crippen molar-refractivity contribution < 1.29 is 27.9 Å². The fourth-order valence-corrected chi connectivity index (χ4v) is 4.13. The highest BCUT2D eigenvalue weighted by atomic mass is 32.1. The van der Waals surface area contributed by atoms with E-state index in [0.717, 1.165) is 32.6 Å². The second-order valence-corrected chi connectivity index (χ2v) is 8.59. The molecule has 1 aliphatic heterocycles. The fraction of sp³-hybridized carbons (Fsp3) is 0.550. The number of fused-ring (bicyclic) bond motifs is 1. The lowest BCUT2D eigenvalue weighted by Gasteiger charge is -2.33. The van der Waals surface area contributed by atoms with Gasteiger partial charge >= 0.3 is 12.1 Å². The van der Waals surface area contributed by atoms with Gasteiger partial charge in [-0.15, -0.1) is 0 Å². The molecule has 11 heteroatoms. The Morgan fingerprint density at radius 3 is 2.65 bits per heavy atom. The van der Waals surface area contributed by atoms with E-state index in [0.29, 0.717) is 18.4 Å². The summed E-state index contributed by atoms with van der Waals surface area (Å²) in [6, 6.07) is 4.64. The molecule has 1 saturated carbocycles. The van der Waals surface area contributed by atoms with Crippen LogP contribution in [0.4, 0.5) is 13.2 Å². The number of nitrogens with zero attached hydrogens (tertiary/aromatic N) is 3. The zero-order chi connectivity index (χ0) is 22.4. The lowest BCUT2D eigenvalue weighted by molar-refractivity contribution is -0.192. The van der Waals surface area contributed by atoms with Crippen molar-refractivity contribution in [1.29, 1.82) is 0 Å². The van der Waals surface area contributed by atoms with E-state index in [1.54, 1.807) is 11.3 Å². The van der Waals surface area contributed by atoms with Crippen molar-refractivity contribution in [2.75, 3.05) is 13.1 Å². The average molecular weight is 459 g/mol. The number of carbonyl (C=O) groups is 2. The quantitative estimate of drug-likeness (QED) is 0.664. The summed E-state index contributed by atoms with van der Waals surface area (Å²) in [7, 11) is 0. The minimum Gasteiger partial charge on any atom is -0.475 e. The number of aromatic nitrogens is 2. The number of nitrogens with one attached hydrogen (secondary N) is 1. The van der Waals surface area contributed by atoms with E-state index in [1.807, 2.05) is 6.20 Å². The molecular formula is C20H25F3N4O3S. The monoisotopic (exact) mass is 458 g/mol. The van der Waals surface area contributed by atoms with Gasteiger partial charge in [-0.25, -0.2) is 4.79 Å². The molecule has 1 unspecified atom stereocenters. The summed E-state index contributed by atoms with van der Waals surface area (Å²) in [6.07, 6.45) is 0.907. The summed E-state index contributed by atoms with van der Waals surface area (Å²) in [6.45, 7) is 3.66. The normalized spacial score (nSPS) is 18.6. The van der Waals surface area contributed by atoms with Crippen molar-refractivity contribution in [3.8, 4) is 0 Å². The molecule has 0 aromatic carbocycles. The smallest absolute Gasteiger partial charge is 0.475 e. The number of alkyl halides is 3. The average Bonchev–Trinajstić information content (AvgIpc) is 3.15. The standard InChI is InChI=1S/C18H24N4OS.C2HF3O2/c23-18(9-14-1-2-14)19-6-3-16-11-21(10-15-5-8-24-13-15)12-17-4-7-20-22(16)17;3-2(4,5)1(6)7/h4-5,7-8,13-14,16H,1-3,6,9-12H2,(H,19,23);(H,6,7). The summed E-state index contributed by atoms with van der Waals surface area (Å²) in [5, 5.41) is 19.1. The number of thiophene rings is 1. The molecule has 0 bridgehead atoms. The molecular weight excluding hydrogens is 433 g/mol. The van der Waals surface area contributed by atoms with Crippen molar-refractivity contribution >= 4 is 23.2 Å². The van der Waals surface area contributed by atoms with Crippen LogP contribution in [-0.4, -0.2) is 50.9 Å². The van der Waals surface area contributed by atoms with Crippen LogP contribution in [0.1, 0.15) is 43.0 Å². The molecule has 4 rings (SSSR count). The zero-order valence-electron chi connectivity index (χ0n) is 16.8. The van der Waals surface area contributed by atoms with E-state index < -0.39 is 12.1 Å². The van der Waals surface area contributed by atoms with Crippen molar-refractivity contribution in [2.24, 2.45) is 5.92 Å². The van der Waals surface area contributed by atoms with E-state index in [-0.39, 0.29) is 5.91 Å². The Labute approximate surface area is 181 Å². The van der Waals surface area contributed by atoms with E-state index in [1.165, 1.54) is 24.1 Å². The highest BCUT2D eigenvalue weighted by Crippen LogP contribution is 2.32. The lowest BCUT2D eigenvalue weighted by atomic mass is 10.1. The molecule has 2 aliphatic rings. The minimum absolute atomic E-state index is 0.212. The Hall–Kier alpha value is -2.40. The first-order valence-electron chi connectivity index (χ1n) is 10.0. The molecule has 2 aromatic heterocycles. The van der Waals surface area contributed by atoms with Gasteiger partial charge in [-0.1, -0.05) is 0 Å². The highest BCUT2D eigenvalue weighted by Gasteiger charge is 2.38. The highest BCUT2D eigenvalue weighted by molar-refractivity contribution is 7.07. The molecule has 2 N–H and O–H groups in total. The Balaban J connectivity index is 0.000000339. The summed E-state index contributed by atoms with van der Waals surface area (Å²) in [4.78, 5) is 23.2. The number of carboxylic acids is 1. The van der Waals surface area contributed by atoms with Crippen LogP contribution in [0.25, 0.3) is 0 Å². The maximum Gasteiger partial charge on any atom is 0.490 e. The third-order valence-corrected chi connectivity index (χ3v) is 5.88. The molecule has 1 amide bonds. The summed E-state index contributed by atoms with van der Waals surface area (Å²) in [5.41, 5.74) is 2.65. The van der Waals surface area contributed by atoms with Crippen molar-refractivity contribution in [2.45, 2.75) is 51.0 Å². The summed E-state index contributed by atoms with van der Waals surface area (Å²) in [5.74, 6) is -1.89. The molecule has 31 heavy (non-hydrogen) atoms. The van der Waals surface area contributed by atoms with Crippen molar-refractivity contribution in [3.05, 3.63) is 40.3 Å². The van der Waals surface area contributed by atoms with Gasteiger partial charge in [-0.05, 0) is 53.6 Å². The van der Waals surface area contributed by atoms with Gasteiger partial charge in [0.1, 0.15) is 0 Å². The first-order chi connectivity index (χ1) is 14.7. The number of carbonyl (C=O) groups excluding carboxylic acids is 1. The molecule has 1 aliphatic carbocycles. The number of rotatable bonds is 7. The predicted molar refractivity (Wildman–Crippen MR) is 108 cm³/mol. The molecule has 0 radical (unpaired) electrons. The first-order valence-corrected chi connectivity index (χ1v) is 11.0. The summed E-state index contributed by atoms with van der Waals surface area (Å²) < 4.78 is 33.9. The SMILES string of the molecule is O=C(CC1CC1)NCCC1CN(Cc2ccsc2)Cc2ccnn21.O=C(O)C(F)(F)F. The minimum atomic E-state index is -5.08. The van der Waals surface area contributed by atoms with Crippen LogP contribution in [0.5, 0.6) is 0 Å². The third kappa shape index (κ3) is 7.35. The van der Waals surface area contributed by atoms with Crippen molar-refractivity contribution in [1.82, 2.24) is 20.0 Å². The predicted octanol–water partition coefficient (Wildman–Crippen LogP) is 3.44. The maximum atomic E-state index is 11.9. The van der Waals surface area contributed by atoms with Crippen LogP contribution in [0, 0.1) is 5.92 Å². The first kappa shape index (κ1) is 23.3. The van der Waals surface area contributed by atoms with Crippen molar-refractivity contribution in [3.63, 3.8) is 0 Å². The molecule has 1 atom stereocenters. The fourth-order valence-electron chi connectivity index (χ4n) is 3.47. The van der Waals surface area contributed by atoms with Crippen LogP contribution < -0.4 is 5.32 Å². The van der Waals surface area contributed by atoms with Gasteiger partial charge in [0.2, 0.25) is 5.91 Å². The Bertz CT molecular complexity index is 865. The number of hydrogen-bond acceptors (Lipinski definition) is 5. The number of carboxylic acid groups (broad SMARTS) is 1. The van der Waals surface area contributed by atoms with Crippen LogP contribution in [0.2, 0.25) is 0 Å².